The van der Waals surface area contributed by atoms with Gasteiger partial charge in [-0.15, -0.1) is 13.2 Å². The molecule has 0 saturated carbocycles. The van der Waals surface area contributed by atoms with Gasteiger partial charge < -0.3 is 10.1 Å². The second-order valence-corrected chi connectivity index (χ2v) is 7.21. The van der Waals surface area contributed by atoms with Gasteiger partial charge in [0.2, 0.25) is 0 Å². The predicted molar refractivity (Wildman–Crippen MR) is 114 cm³/mol. The number of nitrogens with one attached hydrogen (secondary N) is 1. The van der Waals surface area contributed by atoms with Gasteiger partial charge in [0, 0.05) is 11.8 Å². The van der Waals surface area contributed by atoms with Crippen LogP contribution in [0.1, 0.15) is 11.1 Å². The van der Waals surface area contributed by atoms with Gasteiger partial charge in [-0.25, -0.2) is 9.29 Å². The maximum Gasteiger partial charge on any atom is 0.573 e. The fourth-order valence-electron chi connectivity index (χ4n) is 3.40. The van der Waals surface area contributed by atoms with Crippen LogP contribution >= 0.6 is 0 Å². The Morgan fingerprint density at radius 3 is 2.24 bits per heavy atom. The molecule has 0 aliphatic carbocycles. The number of hydrogen-bond acceptors (Lipinski definition) is 4. The standard InChI is InChI=1S/C24H16F4N2O3/c1-14-9-11-15(12-10-14)20-21(29-16-5-4-6-17(13-16)33-24(26,27)28)23(32)30(22(20)31)19-8-3-2-7-18(19)25/h2-13,29H,1H3. The van der Waals surface area contributed by atoms with E-state index < -0.39 is 29.7 Å². The molecular formula is C24H16F4N2O3. The predicted octanol–water partition coefficient (Wildman–Crippen LogP) is 5.43. The molecule has 33 heavy (non-hydrogen) atoms. The molecule has 1 N–H and O–H groups in total. The summed E-state index contributed by atoms with van der Waals surface area (Å²) in [7, 11) is 0. The number of alkyl halides is 3. The zero-order valence-electron chi connectivity index (χ0n) is 17.1. The van der Waals surface area contributed by atoms with Gasteiger partial charge in [0.05, 0.1) is 11.3 Å². The minimum absolute atomic E-state index is 0.0367. The highest BCUT2D eigenvalue weighted by molar-refractivity contribution is 6.46. The highest BCUT2D eigenvalue weighted by Crippen LogP contribution is 2.35. The van der Waals surface area contributed by atoms with E-state index in [2.05, 4.69) is 10.1 Å². The summed E-state index contributed by atoms with van der Waals surface area (Å²) in [6.07, 6.45) is -4.90. The van der Waals surface area contributed by atoms with Crippen LogP contribution < -0.4 is 15.0 Å². The number of imide groups is 1. The number of amides is 2. The van der Waals surface area contributed by atoms with Crippen LogP contribution in [-0.4, -0.2) is 18.2 Å². The molecule has 9 heteroatoms. The molecule has 0 unspecified atom stereocenters. The van der Waals surface area contributed by atoms with Crippen molar-refractivity contribution in [3.05, 3.63) is 95.4 Å². The van der Waals surface area contributed by atoms with E-state index >= 15 is 0 Å². The number of ether oxygens (including phenoxy) is 1. The lowest BCUT2D eigenvalue weighted by Gasteiger charge is -2.16. The van der Waals surface area contributed by atoms with E-state index in [1.54, 1.807) is 24.3 Å². The first-order valence-corrected chi connectivity index (χ1v) is 9.71. The van der Waals surface area contributed by atoms with E-state index in [0.29, 0.717) is 10.5 Å². The molecule has 0 bridgehead atoms. The lowest BCUT2D eigenvalue weighted by molar-refractivity contribution is -0.274. The van der Waals surface area contributed by atoms with Gasteiger partial charge in [0.1, 0.15) is 17.3 Å². The van der Waals surface area contributed by atoms with Crippen LogP contribution in [0.5, 0.6) is 5.75 Å². The number of benzene rings is 3. The van der Waals surface area contributed by atoms with Crippen molar-refractivity contribution in [2.24, 2.45) is 0 Å². The van der Waals surface area contributed by atoms with E-state index in [1.165, 1.54) is 30.3 Å². The SMILES string of the molecule is Cc1ccc(C2=C(Nc3cccc(OC(F)(F)F)c3)C(=O)N(c3ccccc3F)C2=O)cc1. The van der Waals surface area contributed by atoms with Crippen molar-refractivity contribution in [2.75, 3.05) is 10.2 Å². The third-order valence-electron chi connectivity index (χ3n) is 4.85. The topological polar surface area (TPSA) is 58.6 Å². The van der Waals surface area contributed by atoms with E-state index in [9.17, 15) is 27.2 Å². The number of anilines is 2. The maximum atomic E-state index is 14.4. The molecule has 3 aromatic carbocycles. The second-order valence-electron chi connectivity index (χ2n) is 7.21. The molecular weight excluding hydrogens is 440 g/mol. The van der Waals surface area contributed by atoms with Crippen LogP contribution in [-0.2, 0) is 9.59 Å². The largest absolute Gasteiger partial charge is 0.573 e. The Morgan fingerprint density at radius 2 is 1.58 bits per heavy atom. The third-order valence-corrected chi connectivity index (χ3v) is 4.85. The number of para-hydroxylation sites is 1. The molecule has 5 nitrogen and oxygen atoms in total. The van der Waals surface area contributed by atoms with E-state index in [4.69, 9.17) is 0 Å². The van der Waals surface area contributed by atoms with Gasteiger partial charge in [-0.05, 0) is 36.8 Å². The van der Waals surface area contributed by atoms with Crippen LogP contribution in [0.4, 0.5) is 28.9 Å². The van der Waals surface area contributed by atoms with Crippen LogP contribution in [0.25, 0.3) is 5.57 Å². The van der Waals surface area contributed by atoms with Crippen LogP contribution in [0.3, 0.4) is 0 Å². The van der Waals surface area contributed by atoms with Crippen LogP contribution in [0.15, 0.2) is 78.5 Å². The molecule has 0 fully saturated rings. The molecule has 1 aliphatic heterocycles. The number of nitrogens with zero attached hydrogens (tertiary/aromatic N) is 1. The van der Waals surface area contributed by atoms with Gasteiger partial charge in [-0.2, -0.15) is 0 Å². The first kappa shape index (κ1) is 22.1. The lowest BCUT2D eigenvalue weighted by Crippen LogP contribution is -2.33. The zero-order valence-corrected chi connectivity index (χ0v) is 17.1. The van der Waals surface area contributed by atoms with Crippen molar-refractivity contribution in [3.63, 3.8) is 0 Å². The number of carbonyl (C=O) groups excluding carboxylic acids is 2. The fourth-order valence-corrected chi connectivity index (χ4v) is 3.40. The van der Waals surface area contributed by atoms with Gasteiger partial charge in [0.25, 0.3) is 11.8 Å². The summed E-state index contributed by atoms with van der Waals surface area (Å²) in [5.74, 6) is -2.89. The molecule has 4 rings (SSSR count). The Balaban J connectivity index is 1.79. The smallest absolute Gasteiger partial charge is 0.406 e. The molecule has 2 amide bonds. The van der Waals surface area contributed by atoms with Gasteiger partial charge in [0.15, 0.2) is 0 Å². The number of rotatable bonds is 5. The fraction of sp³-hybridized carbons (Fsp3) is 0.0833. The summed E-state index contributed by atoms with van der Waals surface area (Å²) in [5.41, 5.74) is 0.911. The summed E-state index contributed by atoms with van der Waals surface area (Å²) >= 11 is 0. The Kier molecular flexibility index (Phi) is 5.63. The van der Waals surface area contributed by atoms with E-state index in [-0.39, 0.29) is 22.6 Å². The van der Waals surface area contributed by atoms with Gasteiger partial charge in [-0.3, -0.25) is 9.59 Å². The number of hydrogen-bond donors (Lipinski definition) is 1. The minimum atomic E-state index is -4.90. The number of halogens is 4. The number of carbonyl (C=O) groups is 2. The van der Waals surface area contributed by atoms with Gasteiger partial charge >= 0.3 is 6.36 Å². The summed E-state index contributed by atoms with van der Waals surface area (Å²) in [5, 5.41) is 2.73. The first-order valence-electron chi connectivity index (χ1n) is 9.71. The molecule has 1 heterocycles. The Labute approximate surface area is 185 Å². The maximum absolute atomic E-state index is 14.4. The van der Waals surface area contributed by atoms with E-state index in [0.717, 1.165) is 23.8 Å². The van der Waals surface area contributed by atoms with Crippen molar-refractivity contribution in [1.29, 1.82) is 0 Å². The normalized spacial score (nSPS) is 14.2. The van der Waals surface area contributed by atoms with Crippen molar-refractivity contribution in [1.82, 2.24) is 0 Å². The molecule has 0 spiro atoms. The van der Waals surface area contributed by atoms with Crippen molar-refractivity contribution < 1.29 is 31.9 Å². The van der Waals surface area contributed by atoms with E-state index in [1.807, 2.05) is 6.92 Å². The van der Waals surface area contributed by atoms with Crippen molar-refractivity contribution in [2.45, 2.75) is 13.3 Å². The molecule has 0 atom stereocenters. The van der Waals surface area contributed by atoms with Crippen LogP contribution in [0.2, 0.25) is 0 Å². The first-order chi connectivity index (χ1) is 15.6. The average Bonchev–Trinajstić information content (AvgIpc) is 2.98. The van der Waals surface area contributed by atoms with Crippen molar-refractivity contribution >= 4 is 28.8 Å². The number of aryl methyl sites for hydroxylation is 1. The van der Waals surface area contributed by atoms with Crippen LogP contribution in [0, 0.1) is 12.7 Å². The highest BCUT2D eigenvalue weighted by Gasteiger charge is 2.41. The molecule has 3 aromatic rings. The summed E-state index contributed by atoms with van der Waals surface area (Å²) in [6, 6.07) is 16.9. The van der Waals surface area contributed by atoms with Gasteiger partial charge in [-0.1, -0.05) is 48.0 Å². The lowest BCUT2D eigenvalue weighted by atomic mass is 10.0. The third kappa shape index (κ3) is 4.57. The quantitative estimate of drug-likeness (QED) is 0.411. The highest BCUT2D eigenvalue weighted by atomic mass is 19.4. The molecule has 0 radical (unpaired) electrons. The Bertz CT molecular complexity index is 1270. The molecule has 168 valence electrons. The molecule has 0 saturated heterocycles. The average molecular weight is 456 g/mol. The molecule has 1 aliphatic rings. The van der Waals surface area contributed by atoms with Crippen molar-refractivity contribution in [3.8, 4) is 5.75 Å². The summed E-state index contributed by atoms with van der Waals surface area (Å²) < 4.78 is 56.1. The zero-order chi connectivity index (χ0) is 23.8. The second kappa shape index (κ2) is 8.42. The monoisotopic (exact) mass is 456 g/mol. The minimum Gasteiger partial charge on any atom is -0.406 e. The summed E-state index contributed by atoms with van der Waals surface area (Å²) in [6.45, 7) is 1.84. The summed E-state index contributed by atoms with van der Waals surface area (Å²) in [4.78, 5) is 27.2. The Morgan fingerprint density at radius 1 is 0.879 bits per heavy atom. The molecule has 0 aromatic heterocycles. The Hall–Kier alpha value is -4.14.